The molecule has 6 heteroatoms. The fraction of sp³-hybridized carbons (Fsp3) is 0.136. The molecule has 0 fully saturated rings. The van der Waals surface area contributed by atoms with Crippen molar-refractivity contribution in [1.29, 1.82) is 0 Å². The minimum atomic E-state index is -0.445. The molecule has 0 saturated heterocycles. The van der Waals surface area contributed by atoms with E-state index in [4.69, 9.17) is 4.98 Å². The van der Waals surface area contributed by atoms with E-state index in [1.807, 2.05) is 38.1 Å². The van der Waals surface area contributed by atoms with E-state index in [9.17, 15) is 9.18 Å². The van der Waals surface area contributed by atoms with Crippen LogP contribution in [0, 0.1) is 19.7 Å². The van der Waals surface area contributed by atoms with Crippen LogP contribution in [0.4, 0.5) is 9.52 Å². The summed E-state index contributed by atoms with van der Waals surface area (Å²) in [5.41, 5.74) is 4.07. The summed E-state index contributed by atoms with van der Waals surface area (Å²) in [6.45, 7) is 4.29. The molecule has 0 aliphatic heterocycles. The van der Waals surface area contributed by atoms with Crippen molar-refractivity contribution in [1.82, 2.24) is 9.97 Å². The van der Waals surface area contributed by atoms with Gasteiger partial charge in [0.1, 0.15) is 5.82 Å². The molecule has 2 aromatic carbocycles. The van der Waals surface area contributed by atoms with Gasteiger partial charge in [0.05, 0.1) is 22.5 Å². The first-order chi connectivity index (χ1) is 13.5. The van der Waals surface area contributed by atoms with Gasteiger partial charge in [-0.2, -0.15) is 0 Å². The quantitative estimate of drug-likeness (QED) is 0.475. The Hall–Kier alpha value is -3.12. The maximum absolute atomic E-state index is 13.7. The first kappa shape index (κ1) is 18.3. The van der Waals surface area contributed by atoms with Crippen molar-refractivity contribution in [3.05, 3.63) is 89.0 Å². The average Bonchev–Trinajstić information content (AvgIpc) is 3.16. The Morgan fingerprint density at radius 1 is 1.07 bits per heavy atom. The highest BCUT2D eigenvalue weighted by molar-refractivity contribution is 7.22. The Bertz CT molecular complexity index is 1120. The lowest BCUT2D eigenvalue weighted by molar-refractivity contribution is 0.0984. The van der Waals surface area contributed by atoms with E-state index in [0.29, 0.717) is 5.13 Å². The van der Waals surface area contributed by atoms with Crippen LogP contribution < -0.4 is 4.90 Å². The van der Waals surface area contributed by atoms with Gasteiger partial charge >= 0.3 is 0 Å². The minimum Gasteiger partial charge on any atom is -0.278 e. The van der Waals surface area contributed by atoms with Crippen LogP contribution in [0.3, 0.4) is 0 Å². The fourth-order valence-corrected chi connectivity index (χ4v) is 4.13. The second kappa shape index (κ2) is 7.48. The van der Waals surface area contributed by atoms with Gasteiger partial charge in [0.25, 0.3) is 5.91 Å². The summed E-state index contributed by atoms with van der Waals surface area (Å²) in [5, 5.41) is 0.576. The van der Waals surface area contributed by atoms with Gasteiger partial charge in [-0.1, -0.05) is 35.6 Å². The Balaban J connectivity index is 1.82. The van der Waals surface area contributed by atoms with Gasteiger partial charge in [-0.05, 0) is 55.3 Å². The third-order valence-corrected chi connectivity index (χ3v) is 5.74. The second-order valence-corrected chi connectivity index (χ2v) is 7.57. The Labute approximate surface area is 166 Å². The molecule has 4 rings (SSSR count). The number of amides is 1. The van der Waals surface area contributed by atoms with Gasteiger partial charge in [0, 0.05) is 11.8 Å². The van der Waals surface area contributed by atoms with Gasteiger partial charge in [-0.25, -0.2) is 9.37 Å². The summed E-state index contributed by atoms with van der Waals surface area (Å²) in [6, 6.07) is 15.4. The van der Waals surface area contributed by atoms with Crippen molar-refractivity contribution in [2.45, 2.75) is 20.4 Å². The number of aryl methyl sites for hydroxylation is 2. The molecule has 1 amide bonds. The summed E-state index contributed by atoms with van der Waals surface area (Å²) < 4.78 is 14.7. The average molecular weight is 391 g/mol. The number of rotatable bonds is 4. The van der Waals surface area contributed by atoms with Gasteiger partial charge < -0.3 is 0 Å². The molecule has 0 saturated carbocycles. The summed E-state index contributed by atoms with van der Waals surface area (Å²) >= 11 is 1.47. The topological polar surface area (TPSA) is 46.1 Å². The highest BCUT2D eigenvalue weighted by atomic mass is 32.1. The smallest absolute Gasteiger partial charge is 0.260 e. The summed E-state index contributed by atoms with van der Waals surface area (Å²) in [7, 11) is 0. The van der Waals surface area contributed by atoms with Crippen LogP contribution in [0.2, 0.25) is 0 Å². The number of hydrogen-bond acceptors (Lipinski definition) is 4. The van der Waals surface area contributed by atoms with Crippen LogP contribution in [-0.4, -0.2) is 15.9 Å². The maximum Gasteiger partial charge on any atom is 0.260 e. The number of aromatic nitrogens is 2. The van der Waals surface area contributed by atoms with Crippen LogP contribution in [0.25, 0.3) is 10.2 Å². The first-order valence-electron chi connectivity index (χ1n) is 8.87. The lowest BCUT2D eigenvalue weighted by atomic mass is 10.1. The number of fused-ring (bicyclic) bond motifs is 1. The standard InChI is InChI=1S/C22H18FN3OS/c1-14-9-10-15(2)20-19(14)25-22(28-20)26(13-18-8-3-4-11-24-18)21(27)16-6-5-7-17(23)12-16/h3-12H,13H2,1-2H3. The molecule has 0 bridgehead atoms. The molecule has 0 N–H and O–H groups in total. The molecule has 0 aliphatic rings. The Morgan fingerprint density at radius 2 is 1.89 bits per heavy atom. The van der Waals surface area contributed by atoms with Gasteiger partial charge in [-0.15, -0.1) is 0 Å². The molecule has 2 aromatic heterocycles. The summed E-state index contributed by atoms with van der Waals surface area (Å²) in [6.07, 6.45) is 1.69. The number of carbonyl (C=O) groups is 1. The van der Waals surface area contributed by atoms with E-state index in [1.165, 1.54) is 29.5 Å². The van der Waals surface area contributed by atoms with Crippen LogP contribution >= 0.6 is 11.3 Å². The first-order valence-corrected chi connectivity index (χ1v) is 9.68. The number of anilines is 1. The monoisotopic (exact) mass is 391 g/mol. The third kappa shape index (κ3) is 3.51. The van der Waals surface area contributed by atoms with E-state index in [0.717, 1.165) is 27.0 Å². The van der Waals surface area contributed by atoms with Crippen molar-refractivity contribution in [3.63, 3.8) is 0 Å². The zero-order chi connectivity index (χ0) is 19.7. The zero-order valence-corrected chi connectivity index (χ0v) is 16.3. The predicted molar refractivity (Wildman–Crippen MR) is 110 cm³/mol. The van der Waals surface area contributed by atoms with E-state index in [1.54, 1.807) is 17.2 Å². The molecular weight excluding hydrogens is 373 g/mol. The molecule has 4 aromatic rings. The number of thiazole rings is 1. The van der Waals surface area contributed by atoms with Gasteiger partial charge in [0.15, 0.2) is 5.13 Å². The molecule has 2 heterocycles. The fourth-order valence-electron chi connectivity index (χ4n) is 3.02. The van der Waals surface area contributed by atoms with Crippen molar-refractivity contribution < 1.29 is 9.18 Å². The number of hydrogen-bond donors (Lipinski definition) is 0. The molecule has 0 radical (unpaired) electrons. The zero-order valence-electron chi connectivity index (χ0n) is 15.5. The summed E-state index contributed by atoms with van der Waals surface area (Å²) in [5.74, 6) is -0.751. The molecule has 0 atom stereocenters. The number of carbonyl (C=O) groups excluding carboxylic acids is 1. The Morgan fingerprint density at radius 3 is 2.61 bits per heavy atom. The van der Waals surface area contributed by atoms with E-state index >= 15 is 0 Å². The maximum atomic E-state index is 13.7. The van der Waals surface area contributed by atoms with Crippen LogP contribution in [0.1, 0.15) is 27.2 Å². The van der Waals surface area contributed by atoms with E-state index in [2.05, 4.69) is 11.1 Å². The minimum absolute atomic E-state index is 0.258. The van der Waals surface area contributed by atoms with Crippen LogP contribution in [-0.2, 0) is 6.54 Å². The highest BCUT2D eigenvalue weighted by Crippen LogP contribution is 2.34. The third-order valence-electron chi connectivity index (χ3n) is 4.52. The molecule has 0 spiro atoms. The van der Waals surface area contributed by atoms with Crippen molar-refractivity contribution in [3.8, 4) is 0 Å². The molecule has 140 valence electrons. The van der Waals surface area contributed by atoms with Crippen molar-refractivity contribution in [2.75, 3.05) is 4.90 Å². The molecular formula is C22H18FN3OS. The normalized spacial score (nSPS) is 11.0. The largest absolute Gasteiger partial charge is 0.278 e. The van der Waals surface area contributed by atoms with Gasteiger partial charge in [-0.3, -0.25) is 14.7 Å². The number of nitrogens with zero attached hydrogens (tertiary/aromatic N) is 3. The molecule has 4 nitrogen and oxygen atoms in total. The number of halogens is 1. The second-order valence-electron chi connectivity index (χ2n) is 6.60. The van der Waals surface area contributed by atoms with E-state index < -0.39 is 5.82 Å². The number of benzene rings is 2. The number of pyridine rings is 1. The molecule has 0 unspecified atom stereocenters. The molecule has 0 aliphatic carbocycles. The highest BCUT2D eigenvalue weighted by Gasteiger charge is 2.23. The van der Waals surface area contributed by atoms with Crippen molar-refractivity contribution in [2.24, 2.45) is 0 Å². The van der Waals surface area contributed by atoms with Crippen LogP contribution in [0.15, 0.2) is 60.8 Å². The predicted octanol–water partition coefficient (Wildman–Crippen LogP) is 5.29. The van der Waals surface area contributed by atoms with Crippen LogP contribution in [0.5, 0.6) is 0 Å². The summed E-state index contributed by atoms with van der Waals surface area (Å²) in [4.78, 5) is 23.9. The van der Waals surface area contributed by atoms with Gasteiger partial charge in [0.2, 0.25) is 0 Å². The lowest BCUT2D eigenvalue weighted by Crippen LogP contribution is -2.30. The molecule has 28 heavy (non-hydrogen) atoms. The van der Waals surface area contributed by atoms with E-state index in [-0.39, 0.29) is 18.0 Å². The Kier molecular flexibility index (Phi) is 4.88. The SMILES string of the molecule is Cc1ccc(C)c2sc(N(Cc3ccccn3)C(=O)c3cccc(F)c3)nc12. The lowest BCUT2D eigenvalue weighted by Gasteiger charge is -2.19. The van der Waals surface area contributed by atoms with Crippen molar-refractivity contribution >= 4 is 32.6 Å².